The summed E-state index contributed by atoms with van der Waals surface area (Å²) in [5.41, 5.74) is 0. The lowest BCUT2D eigenvalue weighted by Crippen LogP contribution is -1.27. The molecule has 0 N–H and O–H groups in total. The Morgan fingerprint density at radius 3 is 0.800 bits per heavy atom. The number of hydrogen-bond acceptors (Lipinski definition) is 0. The standard InChI is InChI=1S/C3H8.2C2H6.C2H4.ClH/c1-3-2;3*1-2;/h3H2,1-2H3;2*1-2H3;1-2H2;1H. The largest absolute Gasteiger partial charge is 0.147 e. The van der Waals surface area contributed by atoms with Crippen LogP contribution < -0.4 is 0 Å². The van der Waals surface area contributed by atoms with Crippen molar-refractivity contribution >= 4 is 12.4 Å². The smallest absolute Gasteiger partial charge is 0.0590 e. The molecule has 0 fully saturated rings. The van der Waals surface area contributed by atoms with Gasteiger partial charge in [-0.1, -0.05) is 48.0 Å². The molecule has 0 aromatic carbocycles. The molecule has 0 heterocycles. The average Bonchev–Trinajstić information content (AvgIpc) is 2.01. The van der Waals surface area contributed by atoms with Crippen LogP contribution >= 0.6 is 12.4 Å². The zero-order chi connectivity index (χ0) is 8.71. The van der Waals surface area contributed by atoms with Crippen LogP contribution in [0, 0.1) is 0 Å². The maximum Gasteiger partial charge on any atom is -0.0590 e. The molecule has 0 amide bonds. The van der Waals surface area contributed by atoms with E-state index in [2.05, 4.69) is 27.0 Å². The molecule has 0 nitrogen and oxygen atoms in total. The van der Waals surface area contributed by atoms with Crippen LogP contribution in [0.1, 0.15) is 48.0 Å². The molecule has 0 unspecified atom stereocenters. The minimum Gasteiger partial charge on any atom is -0.147 e. The van der Waals surface area contributed by atoms with Gasteiger partial charge in [0.25, 0.3) is 0 Å². The van der Waals surface area contributed by atoms with Gasteiger partial charge in [0.1, 0.15) is 0 Å². The summed E-state index contributed by atoms with van der Waals surface area (Å²) in [5.74, 6) is 0. The van der Waals surface area contributed by atoms with Crippen molar-refractivity contribution in [3.63, 3.8) is 0 Å². The van der Waals surface area contributed by atoms with Gasteiger partial charge in [0.15, 0.2) is 0 Å². The normalized spacial score (nSPS) is 3.40. The highest BCUT2D eigenvalue weighted by Crippen LogP contribution is 1.56. The average molecular weight is 169 g/mol. The molecule has 0 saturated carbocycles. The van der Waals surface area contributed by atoms with E-state index in [1.807, 2.05) is 27.7 Å². The zero-order valence-corrected chi connectivity index (χ0v) is 9.35. The van der Waals surface area contributed by atoms with E-state index in [0.29, 0.717) is 0 Å². The molecule has 0 saturated heterocycles. The predicted molar refractivity (Wildman–Crippen MR) is 57.2 cm³/mol. The Morgan fingerprint density at radius 1 is 0.800 bits per heavy atom. The highest BCUT2D eigenvalue weighted by molar-refractivity contribution is 5.85. The molecule has 0 rings (SSSR count). The third-order valence-corrected chi connectivity index (χ3v) is 0. The van der Waals surface area contributed by atoms with Crippen LogP contribution in [0.5, 0.6) is 0 Å². The van der Waals surface area contributed by atoms with E-state index in [4.69, 9.17) is 0 Å². The van der Waals surface area contributed by atoms with Crippen molar-refractivity contribution in [2.75, 3.05) is 0 Å². The molecule has 1 heteroatoms. The Hall–Kier alpha value is 0.0300. The summed E-state index contributed by atoms with van der Waals surface area (Å²) in [4.78, 5) is 0. The Labute approximate surface area is 74.1 Å². The number of rotatable bonds is 0. The van der Waals surface area contributed by atoms with Crippen LogP contribution in [0.4, 0.5) is 0 Å². The van der Waals surface area contributed by atoms with Gasteiger partial charge in [-0.25, -0.2) is 0 Å². The molecule has 0 bridgehead atoms. The number of hydrogen-bond donors (Lipinski definition) is 0. The maximum absolute atomic E-state index is 3.00. The minimum absolute atomic E-state index is 0. The first-order chi connectivity index (χ1) is 4.41. The van der Waals surface area contributed by atoms with Gasteiger partial charge in [-0.15, -0.1) is 25.6 Å². The second-order valence-electron chi connectivity index (χ2n) is 0.707. The van der Waals surface area contributed by atoms with Gasteiger partial charge in [0, 0.05) is 0 Å². The van der Waals surface area contributed by atoms with E-state index in [9.17, 15) is 0 Å². The SMILES string of the molecule is C=C.CC.CC.CCC.Cl. The van der Waals surface area contributed by atoms with E-state index in [0.717, 1.165) is 0 Å². The van der Waals surface area contributed by atoms with E-state index in [1.165, 1.54) is 6.42 Å². The molecule has 10 heavy (non-hydrogen) atoms. The van der Waals surface area contributed by atoms with Gasteiger partial charge < -0.3 is 0 Å². The summed E-state index contributed by atoms with van der Waals surface area (Å²) in [6.45, 7) is 18.2. The van der Waals surface area contributed by atoms with Crippen LogP contribution in [0.2, 0.25) is 0 Å². The molecule has 0 aromatic rings. The van der Waals surface area contributed by atoms with Gasteiger partial charge in [-0.2, -0.15) is 0 Å². The highest BCUT2D eigenvalue weighted by atomic mass is 35.5. The summed E-state index contributed by atoms with van der Waals surface area (Å²) < 4.78 is 0. The van der Waals surface area contributed by atoms with Gasteiger partial charge in [-0.3, -0.25) is 0 Å². The first-order valence-corrected chi connectivity index (χ1v) is 3.91. The fourth-order valence-electron chi connectivity index (χ4n) is 0. The lowest BCUT2D eigenvalue weighted by atomic mass is 10.6. The third-order valence-electron chi connectivity index (χ3n) is 0. The fourth-order valence-corrected chi connectivity index (χ4v) is 0. The highest BCUT2D eigenvalue weighted by Gasteiger charge is 1.35. The first-order valence-electron chi connectivity index (χ1n) is 3.91. The summed E-state index contributed by atoms with van der Waals surface area (Å²) in [5, 5.41) is 0. The van der Waals surface area contributed by atoms with Crippen molar-refractivity contribution in [1.29, 1.82) is 0 Å². The first kappa shape index (κ1) is 32.3. The van der Waals surface area contributed by atoms with Crippen molar-refractivity contribution < 1.29 is 0 Å². The Bertz CT molecular complexity index is 8.69. The van der Waals surface area contributed by atoms with Gasteiger partial charge in [-0.05, 0) is 0 Å². The van der Waals surface area contributed by atoms with Crippen LogP contribution in [0.3, 0.4) is 0 Å². The molecule has 0 aliphatic rings. The summed E-state index contributed by atoms with van der Waals surface area (Å²) in [6, 6.07) is 0. The summed E-state index contributed by atoms with van der Waals surface area (Å²) >= 11 is 0. The van der Waals surface area contributed by atoms with Gasteiger partial charge in [0.05, 0.1) is 0 Å². The second kappa shape index (κ2) is 549. The quantitative estimate of drug-likeness (QED) is 0.461. The topological polar surface area (TPSA) is 0 Å². The number of halogens is 1. The van der Waals surface area contributed by atoms with Gasteiger partial charge >= 0.3 is 0 Å². The lowest BCUT2D eigenvalue weighted by molar-refractivity contribution is 1.09. The van der Waals surface area contributed by atoms with Crippen LogP contribution in [-0.2, 0) is 0 Å². The molecule has 0 spiro atoms. The van der Waals surface area contributed by atoms with Crippen LogP contribution in [0.25, 0.3) is 0 Å². The van der Waals surface area contributed by atoms with Crippen molar-refractivity contribution in [3.05, 3.63) is 13.2 Å². The van der Waals surface area contributed by atoms with Crippen molar-refractivity contribution in [3.8, 4) is 0 Å². The molecule has 0 aromatic heterocycles. The molecule has 0 aliphatic carbocycles. The lowest BCUT2D eigenvalue weighted by Gasteiger charge is -1.48. The molecule has 0 radical (unpaired) electrons. The molecular weight excluding hydrogens is 144 g/mol. The van der Waals surface area contributed by atoms with E-state index >= 15 is 0 Å². The Balaban J connectivity index is -0.0000000110. The third kappa shape index (κ3) is 441000. The fraction of sp³-hybridized carbons (Fsp3) is 0.778. The zero-order valence-electron chi connectivity index (χ0n) is 8.53. The molecule has 0 atom stereocenters. The molecular formula is C9H25Cl. The molecule has 68 valence electrons. The minimum atomic E-state index is 0. The molecule has 0 aliphatic heterocycles. The van der Waals surface area contributed by atoms with E-state index in [1.54, 1.807) is 0 Å². The van der Waals surface area contributed by atoms with Crippen molar-refractivity contribution in [1.82, 2.24) is 0 Å². The summed E-state index contributed by atoms with van der Waals surface area (Å²) in [7, 11) is 0. The Morgan fingerprint density at radius 2 is 0.800 bits per heavy atom. The van der Waals surface area contributed by atoms with Gasteiger partial charge in [0.2, 0.25) is 0 Å². The van der Waals surface area contributed by atoms with Crippen LogP contribution in [0.15, 0.2) is 13.2 Å². The Kier molecular flexibility index (Phi) is 1770. The van der Waals surface area contributed by atoms with Crippen molar-refractivity contribution in [2.24, 2.45) is 0 Å². The second-order valence-corrected chi connectivity index (χ2v) is 0.707. The van der Waals surface area contributed by atoms with E-state index < -0.39 is 0 Å². The monoisotopic (exact) mass is 168 g/mol. The van der Waals surface area contributed by atoms with Crippen molar-refractivity contribution in [2.45, 2.75) is 48.0 Å². The van der Waals surface area contributed by atoms with E-state index in [-0.39, 0.29) is 12.4 Å². The summed E-state index contributed by atoms with van der Waals surface area (Å²) in [6.07, 6.45) is 1.25. The predicted octanol–water partition coefficient (Wildman–Crippen LogP) is 4.69. The van der Waals surface area contributed by atoms with Crippen LogP contribution in [-0.4, -0.2) is 0 Å². The maximum atomic E-state index is 3.00.